The highest BCUT2D eigenvalue weighted by atomic mass is 35.5. The van der Waals surface area contributed by atoms with Crippen LogP contribution in [0.15, 0.2) is 41.0 Å². The number of carbonyl (C=O) groups is 2. The minimum absolute atomic E-state index is 0.117. The first-order chi connectivity index (χ1) is 14.8. The van der Waals surface area contributed by atoms with Gasteiger partial charge in [-0.15, -0.1) is 0 Å². The molecule has 0 atom stereocenters. The first-order valence-corrected chi connectivity index (χ1v) is 9.91. The fraction of sp³-hybridized carbons (Fsp3) is 0.111. The fourth-order valence-electron chi connectivity index (χ4n) is 2.16. The standard InChI is InChI=1S/C18H12Cl4N4O5/c19-9-1-3-13(11(21)5-9)29-7-15(27)23-17-18(26-31-25-17)24-16(28)8-30-14-4-2-10(20)6-12(14)22/h1-6H,7-8H2,(H,23,25,27)(H,24,26,28). The third-order valence-electron chi connectivity index (χ3n) is 3.51. The van der Waals surface area contributed by atoms with Gasteiger partial charge in [0, 0.05) is 10.0 Å². The highest BCUT2D eigenvalue weighted by Crippen LogP contribution is 2.28. The molecule has 162 valence electrons. The highest BCUT2D eigenvalue weighted by Gasteiger charge is 2.17. The van der Waals surface area contributed by atoms with Crippen molar-refractivity contribution >= 4 is 69.9 Å². The highest BCUT2D eigenvalue weighted by molar-refractivity contribution is 6.36. The molecule has 0 aliphatic carbocycles. The maximum Gasteiger partial charge on any atom is 0.263 e. The summed E-state index contributed by atoms with van der Waals surface area (Å²) in [5.74, 6) is -0.887. The SMILES string of the molecule is O=C(COc1ccc(Cl)cc1Cl)Nc1nonc1NC(=O)COc1ccc(Cl)cc1Cl. The predicted octanol–water partition coefficient (Wildman–Crippen LogP) is 4.72. The van der Waals surface area contributed by atoms with Crippen LogP contribution in [0.2, 0.25) is 20.1 Å². The van der Waals surface area contributed by atoms with Crippen LogP contribution < -0.4 is 20.1 Å². The molecule has 0 fully saturated rings. The molecular weight excluding hydrogens is 494 g/mol. The molecule has 9 nitrogen and oxygen atoms in total. The molecule has 31 heavy (non-hydrogen) atoms. The Morgan fingerprint density at radius 2 is 1.19 bits per heavy atom. The molecular formula is C18H12Cl4N4O5. The lowest BCUT2D eigenvalue weighted by Crippen LogP contribution is -2.24. The van der Waals surface area contributed by atoms with E-state index in [9.17, 15) is 9.59 Å². The largest absolute Gasteiger partial charge is 0.482 e. The molecule has 3 rings (SSSR count). The van der Waals surface area contributed by atoms with Crippen LogP contribution in [0, 0.1) is 0 Å². The fourth-order valence-corrected chi connectivity index (χ4v) is 3.09. The summed E-state index contributed by atoms with van der Waals surface area (Å²) in [6.45, 7) is -0.778. The van der Waals surface area contributed by atoms with Crippen molar-refractivity contribution < 1.29 is 23.7 Å². The quantitative estimate of drug-likeness (QED) is 0.455. The van der Waals surface area contributed by atoms with Crippen LogP contribution in [0.25, 0.3) is 0 Å². The van der Waals surface area contributed by atoms with E-state index >= 15 is 0 Å². The zero-order valence-corrected chi connectivity index (χ0v) is 18.3. The Bertz CT molecular complexity index is 1020. The molecule has 2 amide bonds. The van der Waals surface area contributed by atoms with E-state index in [1.165, 1.54) is 24.3 Å². The number of nitrogens with zero attached hydrogens (tertiary/aromatic N) is 2. The summed E-state index contributed by atoms with van der Waals surface area (Å²) < 4.78 is 15.2. The van der Waals surface area contributed by atoms with E-state index in [2.05, 4.69) is 25.6 Å². The van der Waals surface area contributed by atoms with E-state index in [-0.39, 0.29) is 46.4 Å². The third kappa shape index (κ3) is 6.63. The second-order valence-corrected chi connectivity index (χ2v) is 7.47. The van der Waals surface area contributed by atoms with Crippen LogP contribution in [-0.4, -0.2) is 35.3 Å². The monoisotopic (exact) mass is 504 g/mol. The first-order valence-electron chi connectivity index (χ1n) is 8.40. The Morgan fingerprint density at radius 3 is 1.58 bits per heavy atom. The topological polar surface area (TPSA) is 116 Å². The van der Waals surface area contributed by atoms with Crippen LogP contribution >= 0.6 is 46.4 Å². The van der Waals surface area contributed by atoms with E-state index in [4.69, 9.17) is 55.9 Å². The number of aromatic nitrogens is 2. The predicted molar refractivity (Wildman–Crippen MR) is 115 cm³/mol. The molecule has 1 aromatic heterocycles. The molecule has 13 heteroatoms. The van der Waals surface area contributed by atoms with Crippen molar-refractivity contribution in [2.75, 3.05) is 23.8 Å². The molecule has 0 aliphatic rings. The Hall–Kier alpha value is -2.72. The molecule has 2 N–H and O–H groups in total. The summed E-state index contributed by atoms with van der Waals surface area (Å²) in [4.78, 5) is 24.2. The third-order valence-corrected chi connectivity index (χ3v) is 4.57. The Morgan fingerprint density at radius 1 is 0.774 bits per heavy atom. The maximum atomic E-state index is 12.1. The zero-order valence-electron chi connectivity index (χ0n) is 15.3. The molecule has 0 saturated heterocycles. The van der Waals surface area contributed by atoms with Crippen molar-refractivity contribution in [1.29, 1.82) is 0 Å². The molecule has 0 spiro atoms. The second-order valence-electron chi connectivity index (χ2n) is 5.78. The van der Waals surface area contributed by atoms with Crippen molar-refractivity contribution in [1.82, 2.24) is 10.3 Å². The van der Waals surface area contributed by atoms with Gasteiger partial charge in [-0.1, -0.05) is 46.4 Å². The van der Waals surface area contributed by atoms with Crippen LogP contribution in [0.1, 0.15) is 0 Å². The number of hydrogen-bond acceptors (Lipinski definition) is 7. The van der Waals surface area contributed by atoms with Gasteiger partial charge in [0.1, 0.15) is 11.5 Å². The lowest BCUT2D eigenvalue weighted by Gasteiger charge is -2.09. The Kier molecular flexibility index (Phi) is 7.80. The van der Waals surface area contributed by atoms with Crippen molar-refractivity contribution in [3.63, 3.8) is 0 Å². The van der Waals surface area contributed by atoms with Gasteiger partial charge in [0.15, 0.2) is 13.2 Å². The minimum atomic E-state index is -0.596. The van der Waals surface area contributed by atoms with E-state index in [1.54, 1.807) is 12.1 Å². The number of ether oxygens (including phenoxy) is 2. The average molecular weight is 506 g/mol. The summed E-state index contributed by atoms with van der Waals surface area (Å²) in [6.07, 6.45) is 0. The molecule has 2 aromatic carbocycles. The molecule has 0 saturated carbocycles. The molecule has 0 aliphatic heterocycles. The van der Waals surface area contributed by atoms with E-state index < -0.39 is 11.8 Å². The van der Waals surface area contributed by atoms with Gasteiger partial charge < -0.3 is 20.1 Å². The number of benzene rings is 2. The van der Waals surface area contributed by atoms with Gasteiger partial charge in [0.2, 0.25) is 11.6 Å². The summed E-state index contributed by atoms with van der Waals surface area (Å²) >= 11 is 23.6. The van der Waals surface area contributed by atoms with Crippen LogP contribution in [0.4, 0.5) is 11.6 Å². The summed E-state index contributed by atoms with van der Waals surface area (Å²) in [5.41, 5.74) is 0. The number of rotatable bonds is 8. The van der Waals surface area contributed by atoms with Gasteiger partial charge >= 0.3 is 0 Å². The van der Waals surface area contributed by atoms with E-state index in [0.29, 0.717) is 10.0 Å². The number of hydrogen-bond donors (Lipinski definition) is 2. The number of nitrogens with one attached hydrogen (secondary N) is 2. The smallest absolute Gasteiger partial charge is 0.263 e. The lowest BCUT2D eigenvalue weighted by atomic mass is 10.3. The van der Waals surface area contributed by atoms with Gasteiger partial charge in [-0.25, -0.2) is 4.63 Å². The molecule has 0 bridgehead atoms. The normalized spacial score (nSPS) is 10.5. The molecule has 0 unspecified atom stereocenters. The van der Waals surface area contributed by atoms with Crippen molar-refractivity contribution in [3.8, 4) is 11.5 Å². The van der Waals surface area contributed by atoms with Crippen LogP contribution in [0.3, 0.4) is 0 Å². The Labute approximate surface area is 195 Å². The second kappa shape index (κ2) is 10.5. The van der Waals surface area contributed by atoms with Crippen molar-refractivity contribution in [2.24, 2.45) is 0 Å². The van der Waals surface area contributed by atoms with Crippen LogP contribution in [-0.2, 0) is 9.59 Å². The molecule has 1 heterocycles. The molecule has 3 aromatic rings. The number of anilines is 2. The summed E-state index contributed by atoms with van der Waals surface area (Å²) in [5, 5.41) is 13.2. The minimum Gasteiger partial charge on any atom is -0.482 e. The van der Waals surface area contributed by atoms with Crippen LogP contribution in [0.5, 0.6) is 11.5 Å². The van der Waals surface area contributed by atoms with E-state index in [1.807, 2.05) is 0 Å². The van der Waals surface area contributed by atoms with Crippen molar-refractivity contribution in [2.45, 2.75) is 0 Å². The van der Waals surface area contributed by atoms with E-state index in [0.717, 1.165) is 0 Å². The summed E-state index contributed by atoms with van der Waals surface area (Å²) in [6, 6.07) is 9.13. The maximum absolute atomic E-state index is 12.1. The van der Waals surface area contributed by atoms with Gasteiger partial charge in [0.25, 0.3) is 11.8 Å². The number of amides is 2. The first kappa shape index (κ1) is 23.0. The van der Waals surface area contributed by atoms with Crippen molar-refractivity contribution in [3.05, 3.63) is 56.5 Å². The molecule has 0 radical (unpaired) electrons. The van der Waals surface area contributed by atoms with Gasteiger partial charge in [0.05, 0.1) is 10.0 Å². The zero-order chi connectivity index (χ0) is 22.4. The lowest BCUT2D eigenvalue weighted by molar-refractivity contribution is -0.119. The number of carbonyl (C=O) groups excluding carboxylic acids is 2. The van der Waals surface area contributed by atoms with Gasteiger partial charge in [-0.3, -0.25) is 9.59 Å². The summed E-state index contributed by atoms with van der Waals surface area (Å²) in [7, 11) is 0. The number of halogens is 4. The van der Waals surface area contributed by atoms with Gasteiger partial charge in [-0.2, -0.15) is 0 Å². The van der Waals surface area contributed by atoms with Gasteiger partial charge in [-0.05, 0) is 46.7 Å². The Balaban J connectivity index is 1.51. The average Bonchev–Trinajstić information content (AvgIpc) is 3.13.